The van der Waals surface area contributed by atoms with E-state index in [2.05, 4.69) is 5.32 Å². The molecule has 4 N–H and O–H groups in total. The van der Waals surface area contributed by atoms with Crippen LogP contribution in [0.5, 0.6) is 0 Å². The Bertz CT molecular complexity index is 387. The molecule has 8 heteroatoms. The molecule has 1 rings (SSSR count). The van der Waals surface area contributed by atoms with Crippen LogP contribution in [-0.2, 0) is 14.3 Å². The van der Waals surface area contributed by atoms with Crippen molar-refractivity contribution < 1.29 is 24.2 Å². The standard InChI is InChI=1S/C12H21N3O5/c1-2-12(10(17)18)3-5-15(8-12)11(19)14-4-6-20-7-9(13)16/h2-8H2,1H3,(H2,13,16)(H,14,19)(H,17,18). The Labute approximate surface area is 117 Å². The van der Waals surface area contributed by atoms with Gasteiger partial charge in [0.25, 0.3) is 0 Å². The number of urea groups is 1. The summed E-state index contributed by atoms with van der Waals surface area (Å²) in [5.74, 6) is -1.43. The summed E-state index contributed by atoms with van der Waals surface area (Å²) in [6, 6.07) is -0.316. The molecule has 1 fully saturated rings. The first kappa shape index (κ1) is 16.2. The lowest BCUT2D eigenvalue weighted by Gasteiger charge is -2.23. The monoisotopic (exact) mass is 287 g/mol. The molecule has 8 nitrogen and oxygen atoms in total. The minimum absolute atomic E-state index is 0.181. The van der Waals surface area contributed by atoms with Crippen molar-refractivity contribution in [2.75, 3.05) is 32.8 Å². The van der Waals surface area contributed by atoms with Crippen LogP contribution in [0, 0.1) is 5.41 Å². The van der Waals surface area contributed by atoms with E-state index in [9.17, 15) is 19.5 Å². The van der Waals surface area contributed by atoms with E-state index in [4.69, 9.17) is 10.5 Å². The Morgan fingerprint density at radius 1 is 1.45 bits per heavy atom. The summed E-state index contributed by atoms with van der Waals surface area (Å²) in [4.78, 5) is 35.0. The molecule has 0 aromatic rings. The molecule has 0 aromatic heterocycles. The van der Waals surface area contributed by atoms with Crippen LogP contribution in [0.4, 0.5) is 4.79 Å². The number of aliphatic carboxylic acids is 1. The quantitative estimate of drug-likeness (QED) is 0.539. The fraction of sp³-hybridized carbons (Fsp3) is 0.750. The van der Waals surface area contributed by atoms with Crippen LogP contribution in [0.3, 0.4) is 0 Å². The average Bonchev–Trinajstić information content (AvgIpc) is 2.83. The smallest absolute Gasteiger partial charge is 0.317 e. The number of hydrogen-bond acceptors (Lipinski definition) is 4. The Balaban J connectivity index is 2.32. The minimum atomic E-state index is -0.861. The summed E-state index contributed by atoms with van der Waals surface area (Å²) >= 11 is 0. The normalized spacial score (nSPS) is 21.8. The van der Waals surface area contributed by atoms with Crippen molar-refractivity contribution in [3.8, 4) is 0 Å². The van der Waals surface area contributed by atoms with Crippen LogP contribution in [0.1, 0.15) is 19.8 Å². The Hall–Kier alpha value is -1.83. The number of nitrogens with zero attached hydrogens (tertiary/aromatic N) is 1. The Kier molecular flexibility index (Phi) is 5.75. The molecule has 114 valence electrons. The second-order valence-electron chi connectivity index (χ2n) is 4.86. The number of nitrogens with two attached hydrogens (primary N) is 1. The number of likely N-dealkylation sites (tertiary alicyclic amines) is 1. The molecule has 20 heavy (non-hydrogen) atoms. The molecule has 0 radical (unpaired) electrons. The highest BCUT2D eigenvalue weighted by atomic mass is 16.5. The second-order valence-corrected chi connectivity index (χ2v) is 4.86. The molecule has 1 aliphatic heterocycles. The Morgan fingerprint density at radius 2 is 2.15 bits per heavy atom. The summed E-state index contributed by atoms with van der Waals surface area (Å²) in [5, 5.41) is 11.9. The van der Waals surface area contributed by atoms with Gasteiger partial charge in [-0.2, -0.15) is 0 Å². The van der Waals surface area contributed by atoms with Gasteiger partial charge in [-0.25, -0.2) is 4.79 Å². The summed E-state index contributed by atoms with van der Waals surface area (Å²) in [5.41, 5.74) is 4.06. The van der Waals surface area contributed by atoms with Gasteiger partial charge >= 0.3 is 12.0 Å². The van der Waals surface area contributed by atoms with E-state index in [-0.39, 0.29) is 32.3 Å². The van der Waals surface area contributed by atoms with Gasteiger partial charge in [0.05, 0.1) is 12.0 Å². The third kappa shape index (κ3) is 4.09. The minimum Gasteiger partial charge on any atom is -0.481 e. The predicted molar refractivity (Wildman–Crippen MR) is 70.0 cm³/mol. The van der Waals surface area contributed by atoms with Gasteiger partial charge < -0.3 is 25.8 Å². The first-order valence-corrected chi connectivity index (χ1v) is 6.53. The van der Waals surface area contributed by atoms with E-state index < -0.39 is 17.3 Å². The second kappa shape index (κ2) is 7.09. The largest absolute Gasteiger partial charge is 0.481 e. The molecule has 0 bridgehead atoms. The molecular formula is C12H21N3O5. The fourth-order valence-electron chi connectivity index (χ4n) is 2.17. The molecule has 0 saturated carbocycles. The molecular weight excluding hydrogens is 266 g/mol. The predicted octanol–water partition coefficient (Wildman–Crippen LogP) is -0.615. The number of carbonyl (C=O) groups is 3. The van der Waals surface area contributed by atoms with Crippen LogP contribution < -0.4 is 11.1 Å². The third-order valence-electron chi connectivity index (χ3n) is 3.54. The molecule has 1 unspecified atom stereocenters. The van der Waals surface area contributed by atoms with Gasteiger partial charge in [-0.3, -0.25) is 9.59 Å². The van der Waals surface area contributed by atoms with Crippen LogP contribution in [0.25, 0.3) is 0 Å². The molecule has 1 saturated heterocycles. The lowest BCUT2D eigenvalue weighted by Crippen LogP contribution is -2.42. The van der Waals surface area contributed by atoms with E-state index in [0.29, 0.717) is 19.4 Å². The SMILES string of the molecule is CCC1(C(=O)O)CCN(C(=O)NCCOCC(N)=O)C1. The molecule has 1 aliphatic rings. The van der Waals surface area contributed by atoms with Gasteiger partial charge in [0, 0.05) is 19.6 Å². The van der Waals surface area contributed by atoms with Crippen LogP contribution in [0.2, 0.25) is 0 Å². The topological polar surface area (TPSA) is 122 Å². The molecule has 3 amide bonds. The number of ether oxygens (including phenoxy) is 1. The van der Waals surface area contributed by atoms with E-state index >= 15 is 0 Å². The number of carbonyl (C=O) groups excluding carboxylic acids is 2. The zero-order valence-electron chi connectivity index (χ0n) is 11.6. The van der Waals surface area contributed by atoms with Gasteiger partial charge in [0.2, 0.25) is 5.91 Å². The summed E-state index contributed by atoms with van der Waals surface area (Å²) in [7, 11) is 0. The summed E-state index contributed by atoms with van der Waals surface area (Å²) in [6.45, 7) is 2.70. The number of carboxylic acids is 1. The zero-order valence-corrected chi connectivity index (χ0v) is 11.6. The van der Waals surface area contributed by atoms with Crippen LogP contribution in [-0.4, -0.2) is 60.8 Å². The van der Waals surface area contributed by atoms with Crippen molar-refractivity contribution in [3.63, 3.8) is 0 Å². The zero-order chi connectivity index (χ0) is 15.2. The van der Waals surface area contributed by atoms with Gasteiger partial charge in [-0.15, -0.1) is 0 Å². The number of nitrogens with one attached hydrogen (secondary N) is 1. The number of carboxylic acid groups (broad SMARTS) is 1. The van der Waals surface area contributed by atoms with Crippen molar-refractivity contribution in [2.24, 2.45) is 11.1 Å². The van der Waals surface area contributed by atoms with E-state index in [0.717, 1.165) is 0 Å². The summed E-state index contributed by atoms with van der Waals surface area (Å²) < 4.78 is 4.91. The highest BCUT2D eigenvalue weighted by Gasteiger charge is 2.44. The van der Waals surface area contributed by atoms with Gasteiger partial charge in [-0.1, -0.05) is 6.92 Å². The number of amides is 3. The van der Waals surface area contributed by atoms with Crippen molar-refractivity contribution in [1.82, 2.24) is 10.2 Å². The van der Waals surface area contributed by atoms with Gasteiger partial charge in [0.15, 0.2) is 0 Å². The lowest BCUT2D eigenvalue weighted by molar-refractivity contribution is -0.148. The molecule has 0 aromatic carbocycles. The highest BCUT2D eigenvalue weighted by molar-refractivity contribution is 5.79. The van der Waals surface area contributed by atoms with Crippen molar-refractivity contribution >= 4 is 17.9 Å². The Morgan fingerprint density at radius 3 is 2.65 bits per heavy atom. The maximum atomic E-state index is 11.8. The maximum absolute atomic E-state index is 11.8. The number of primary amides is 1. The van der Waals surface area contributed by atoms with E-state index in [1.807, 2.05) is 6.92 Å². The summed E-state index contributed by atoms with van der Waals surface area (Å²) in [6.07, 6.45) is 0.957. The van der Waals surface area contributed by atoms with Crippen LogP contribution >= 0.6 is 0 Å². The van der Waals surface area contributed by atoms with E-state index in [1.165, 1.54) is 4.90 Å². The average molecular weight is 287 g/mol. The van der Waals surface area contributed by atoms with Gasteiger partial charge in [-0.05, 0) is 12.8 Å². The van der Waals surface area contributed by atoms with Crippen LogP contribution in [0.15, 0.2) is 0 Å². The number of hydrogen-bond donors (Lipinski definition) is 3. The lowest BCUT2D eigenvalue weighted by atomic mass is 9.84. The molecule has 0 aliphatic carbocycles. The van der Waals surface area contributed by atoms with E-state index in [1.54, 1.807) is 0 Å². The van der Waals surface area contributed by atoms with Crippen molar-refractivity contribution in [1.29, 1.82) is 0 Å². The molecule has 0 spiro atoms. The third-order valence-corrected chi connectivity index (χ3v) is 3.54. The first-order chi connectivity index (χ1) is 9.41. The van der Waals surface area contributed by atoms with Crippen molar-refractivity contribution in [2.45, 2.75) is 19.8 Å². The molecule has 1 heterocycles. The highest BCUT2D eigenvalue weighted by Crippen LogP contribution is 2.34. The van der Waals surface area contributed by atoms with Gasteiger partial charge in [0.1, 0.15) is 6.61 Å². The molecule has 1 atom stereocenters. The number of rotatable bonds is 7. The first-order valence-electron chi connectivity index (χ1n) is 6.53. The van der Waals surface area contributed by atoms with Crippen molar-refractivity contribution in [3.05, 3.63) is 0 Å². The maximum Gasteiger partial charge on any atom is 0.317 e. The fourth-order valence-corrected chi connectivity index (χ4v) is 2.17.